The molecule has 1 nitrogen and oxygen atoms in total. The molecule has 1 heterocycles. The van der Waals surface area contributed by atoms with Gasteiger partial charge in [-0.1, -0.05) is 107 Å². The van der Waals surface area contributed by atoms with E-state index in [4.69, 9.17) is 0 Å². The Hall–Kier alpha value is -3.62. The monoisotopic (exact) mass is 501 g/mol. The first-order chi connectivity index (χ1) is 16.7. The van der Waals surface area contributed by atoms with E-state index in [2.05, 4.69) is 155 Å². The van der Waals surface area contributed by atoms with Crippen LogP contribution in [0, 0.1) is 0 Å². The molecule has 0 saturated heterocycles. The van der Waals surface area contributed by atoms with Crippen LogP contribution in [0.4, 0.5) is 17.1 Å². The highest BCUT2D eigenvalue weighted by atomic mass is 79.9. The minimum atomic E-state index is -0.266. The molecule has 0 fully saturated rings. The fourth-order valence-corrected chi connectivity index (χ4v) is 5.63. The van der Waals surface area contributed by atoms with Crippen molar-refractivity contribution in [1.82, 2.24) is 0 Å². The van der Waals surface area contributed by atoms with E-state index < -0.39 is 0 Å². The van der Waals surface area contributed by atoms with Gasteiger partial charge in [0.1, 0.15) is 0 Å². The second-order valence-corrected chi connectivity index (χ2v) is 9.83. The number of para-hydroxylation sites is 1. The van der Waals surface area contributed by atoms with Gasteiger partial charge in [0.2, 0.25) is 0 Å². The Balaban J connectivity index is 1.57. The topological polar surface area (TPSA) is 3.24 Å². The fraction of sp³-hybridized carbons (Fsp3) is 0.0625. The van der Waals surface area contributed by atoms with Crippen LogP contribution >= 0.6 is 15.9 Å². The number of rotatable bonds is 3. The normalized spacial score (nSPS) is 16.6. The molecular weight excluding hydrogens is 478 g/mol. The summed E-state index contributed by atoms with van der Waals surface area (Å²) in [4.78, 5) is 2.40. The third-order valence-corrected chi connectivity index (χ3v) is 7.50. The molecule has 0 aromatic heterocycles. The van der Waals surface area contributed by atoms with Crippen LogP contribution < -0.4 is 4.90 Å². The zero-order valence-corrected chi connectivity index (χ0v) is 20.5. The lowest BCUT2D eigenvalue weighted by atomic mass is 9.67. The number of hydrogen-bond acceptors (Lipinski definition) is 1. The van der Waals surface area contributed by atoms with Gasteiger partial charge in [-0.25, -0.2) is 0 Å². The van der Waals surface area contributed by atoms with E-state index in [9.17, 15) is 0 Å². The Kier molecular flexibility index (Phi) is 5.12. The van der Waals surface area contributed by atoms with Crippen molar-refractivity contribution in [2.45, 2.75) is 12.3 Å². The summed E-state index contributed by atoms with van der Waals surface area (Å²) in [5.41, 5.74) is 9.66. The highest BCUT2D eigenvalue weighted by molar-refractivity contribution is 9.10. The van der Waals surface area contributed by atoms with Crippen molar-refractivity contribution in [3.05, 3.63) is 149 Å². The van der Waals surface area contributed by atoms with Crippen LogP contribution in [0.25, 0.3) is 11.1 Å². The summed E-state index contributed by atoms with van der Waals surface area (Å²) < 4.78 is 1.09. The zero-order chi connectivity index (χ0) is 23.1. The lowest BCUT2D eigenvalue weighted by molar-refractivity contribution is 0.681. The van der Waals surface area contributed by atoms with Crippen molar-refractivity contribution >= 4 is 33.0 Å². The van der Waals surface area contributed by atoms with E-state index in [1.54, 1.807) is 0 Å². The Morgan fingerprint density at radius 2 is 1.15 bits per heavy atom. The minimum absolute atomic E-state index is 0.266. The number of fused-ring (bicyclic) bond motifs is 2. The maximum atomic E-state index is 3.75. The second kappa shape index (κ2) is 8.30. The minimum Gasteiger partial charge on any atom is -0.310 e. The van der Waals surface area contributed by atoms with Crippen LogP contribution in [0.2, 0.25) is 0 Å². The number of anilines is 3. The Labute approximate surface area is 209 Å². The molecule has 0 saturated carbocycles. The van der Waals surface area contributed by atoms with E-state index in [0.29, 0.717) is 0 Å². The standard InChI is InChI=1S/C32H24BrN/c1-32(25-12-6-3-7-13-25)28-14-8-9-15-30(28)34(31-21-18-26(33)22-29(31)32)27-19-16-24(17-20-27)23-10-4-2-5-11-23/h2-22H,1H3. The smallest absolute Gasteiger partial charge is 0.0506 e. The lowest BCUT2D eigenvalue weighted by Gasteiger charge is -2.44. The van der Waals surface area contributed by atoms with Crippen LogP contribution in [0.15, 0.2) is 132 Å². The average Bonchev–Trinajstić information content (AvgIpc) is 2.90. The molecule has 0 N–H and O–H groups in total. The summed E-state index contributed by atoms with van der Waals surface area (Å²) in [5, 5.41) is 0. The first-order valence-corrected chi connectivity index (χ1v) is 12.4. The largest absolute Gasteiger partial charge is 0.310 e. The second-order valence-electron chi connectivity index (χ2n) is 8.92. The Morgan fingerprint density at radius 3 is 1.88 bits per heavy atom. The predicted molar refractivity (Wildman–Crippen MR) is 146 cm³/mol. The molecule has 0 aliphatic carbocycles. The SMILES string of the molecule is CC1(c2ccccc2)c2ccccc2N(c2ccc(-c3ccccc3)cc2)c2ccc(Br)cc21. The molecule has 2 heteroatoms. The van der Waals surface area contributed by atoms with Crippen molar-refractivity contribution in [3.63, 3.8) is 0 Å². The van der Waals surface area contributed by atoms with Crippen LogP contribution in [-0.4, -0.2) is 0 Å². The summed E-state index contributed by atoms with van der Waals surface area (Å²) in [6.07, 6.45) is 0. The van der Waals surface area contributed by atoms with Crippen molar-refractivity contribution in [2.24, 2.45) is 0 Å². The van der Waals surface area contributed by atoms with Crippen molar-refractivity contribution < 1.29 is 0 Å². The third-order valence-electron chi connectivity index (χ3n) is 7.01. The summed E-state index contributed by atoms with van der Waals surface area (Å²) in [7, 11) is 0. The highest BCUT2D eigenvalue weighted by Crippen LogP contribution is 2.55. The molecule has 0 radical (unpaired) electrons. The maximum absolute atomic E-state index is 3.75. The Morgan fingerprint density at radius 1 is 0.559 bits per heavy atom. The molecule has 0 amide bonds. The molecule has 1 unspecified atom stereocenters. The van der Waals surface area contributed by atoms with E-state index >= 15 is 0 Å². The molecule has 0 spiro atoms. The number of hydrogen-bond donors (Lipinski definition) is 0. The Bertz CT molecular complexity index is 1460. The predicted octanol–water partition coefficient (Wildman–Crippen LogP) is 9.25. The first kappa shape index (κ1) is 20.9. The quantitative estimate of drug-likeness (QED) is 0.238. The number of benzene rings is 5. The molecule has 0 bridgehead atoms. The molecule has 34 heavy (non-hydrogen) atoms. The molecule has 1 atom stereocenters. The molecule has 1 aliphatic rings. The molecule has 5 aromatic rings. The van der Waals surface area contributed by atoms with Gasteiger partial charge in [-0.2, -0.15) is 0 Å². The molecular formula is C32H24BrN. The van der Waals surface area contributed by atoms with Gasteiger partial charge >= 0.3 is 0 Å². The van der Waals surface area contributed by atoms with Crippen molar-refractivity contribution in [2.75, 3.05) is 4.90 Å². The summed E-state index contributed by atoms with van der Waals surface area (Å²) in [6, 6.07) is 45.8. The van der Waals surface area contributed by atoms with Gasteiger partial charge in [0, 0.05) is 15.6 Å². The van der Waals surface area contributed by atoms with E-state index in [0.717, 1.165) is 10.2 Å². The van der Waals surface area contributed by atoms with Gasteiger partial charge in [-0.15, -0.1) is 0 Å². The van der Waals surface area contributed by atoms with Gasteiger partial charge in [0.05, 0.1) is 11.4 Å². The van der Waals surface area contributed by atoms with Gasteiger partial charge in [0.15, 0.2) is 0 Å². The maximum Gasteiger partial charge on any atom is 0.0506 e. The number of nitrogens with zero attached hydrogens (tertiary/aromatic N) is 1. The van der Waals surface area contributed by atoms with E-state index in [1.165, 1.54) is 39.2 Å². The lowest BCUT2D eigenvalue weighted by Crippen LogP contribution is -2.34. The average molecular weight is 502 g/mol. The number of halogens is 1. The van der Waals surface area contributed by atoms with Gasteiger partial charge < -0.3 is 4.90 Å². The van der Waals surface area contributed by atoms with Crippen LogP contribution in [0.3, 0.4) is 0 Å². The molecule has 6 rings (SSSR count). The summed E-state index contributed by atoms with van der Waals surface area (Å²) in [6.45, 7) is 2.35. The van der Waals surface area contributed by atoms with Gasteiger partial charge in [0.25, 0.3) is 0 Å². The van der Waals surface area contributed by atoms with Crippen LogP contribution in [-0.2, 0) is 5.41 Å². The van der Waals surface area contributed by atoms with Gasteiger partial charge in [-0.05, 0) is 71.1 Å². The van der Waals surface area contributed by atoms with Crippen molar-refractivity contribution in [3.8, 4) is 11.1 Å². The van der Waals surface area contributed by atoms with Gasteiger partial charge in [-0.3, -0.25) is 0 Å². The molecule has 1 aliphatic heterocycles. The summed E-state index contributed by atoms with van der Waals surface area (Å²) >= 11 is 3.75. The van der Waals surface area contributed by atoms with Crippen LogP contribution in [0.5, 0.6) is 0 Å². The van der Waals surface area contributed by atoms with Crippen molar-refractivity contribution in [1.29, 1.82) is 0 Å². The highest BCUT2D eigenvalue weighted by Gasteiger charge is 2.41. The fourth-order valence-electron chi connectivity index (χ4n) is 5.26. The summed E-state index contributed by atoms with van der Waals surface area (Å²) in [5.74, 6) is 0. The van der Waals surface area contributed by atoms with E-state index in [-0.39, 0.29) is 5.41 Å². The van der Waals surface area contributed by atoms with Crippen LogP contribution in [0.1, 0.15) is 23.6 Å². The molecule has 164 valence electrons. The van der Waals surface area contributed by atoms with E-state index in [1.807, 2.05) is 0 Å². The zero-order valence-electron chi connectivity index (χ0n) is 18.9. The first-order valence-electron chi connectivity index (χ1n) is 11.6. The third kappa shape index (κ3) is 3.29. The molecule has 5 aromatic carbocycles.